The Labute approximate surface area is 170 Å². The van der Waals surface area contributed by atoms with Crippen molar-refractivity contribution in [2.75, 3.05) is 26.7 Å². The van der Waals surface area contributed by atoms with Gasteiger partial charge in [-0.3, -0.25) is 9.59 Å². The topological polar surface area (TPSA) is 70.1 Å². The first-order valence-electron chi connectivity index (χ1n) is 9.95. The van der Waals surface area contributed by atoms with Crippen LogP contribution in [0.5, 0.6) is 5.75 Å². The van der Waals surface area contributed by atoms with Crippen LogP contribution in [-0.4, -0.2) is 59.6 Å². The van der Waals surface area contributed by atoms with Crippen molar-refractivity contribution in [3.05, 3.63) is 65.7 Å². The Morgan fingerprint density at radius 2 is 1.79 bits per heavy atom. The van der Waals surface area contributed by atoms with Crippen LogP contribution in [0.2, 0.25) is 0 Å². The molecule has 2 aliphatic rings. The van der Waals surface area contributed by atoms with Gasteiger partial charge >= 0.3 is 0 Å². The lowest BCUT2D eigenvalue weighted by Crippen LogP contribution is -2.44. The molecule has 6 heteroatoms. The van der Waals surface area contributed by atoms with Crippen LogP contribution in [0.1, 0.15) is 24.0 Å². The average Bonchev–Trinajstić information content (AvgIpc) is 3.55. The van der Waals surface area contributed by atoms with Crippen LogP contribution in [0, 0.1) is 0 Å². The minimum absolute atomic E-state index is 0.000627. The van der Waals surface area contributed by atoms with Gasteiger partial charge in [0.25, 0.3) is 0 Å². The maximum Gasteiger partial charge on any atom is 0.242 e. The van der Waals surface area contributed by atoms with E-state index in [4.69, 9.17) is 4.74 Å². The highest BCUT2D eigenvalue weighted by molar-refractivity contribution is 5.94. The smallest absolute Gasteiger partial charge is 0.242 e. The molecule has 6 nitrogen and oxygen atoms in total. The van der Waals surface area contributed by atoms with Crippen molar-refractivity contribution in [3.63, 3.8) is 0 Å². The summed E-state index contributed by atoms with van der Waals surface area (Å²) in [6, 6.07) is 17.2. The Balaban J connectivity index is 1.50. The Morgan fingerprint density at radius 3 is 2.41 bits per heavy atom. The quantitative estimate of drug-likeness (QED) is 0.842. The van der Waals surface area contributed by atoms with Crippen LogP contribution < -0.4 is 4.74 Å². The molecule has 0 spiro atoms. The highest BCUT2D eigenvalue weighted by atomic mass is 16.5. The van der Waals surface area contributed by atoms with Crippen molar-refractivity contribution in [2.45, 2.75) is 30.9 Å². The molecule has 0 aromatic heterocycles. The molecule has 2 amide bonds. The number of hydrogen-bond donors (Lipinski definition) is 1. The van der Waals surface area contributed by atoms with E-state index in [1.165, 1.54) is 4.90 Å². The minimum atomic E-state index is -0.763. The predicted molar refractivity (Wildman–Crippen MR) is 108 cm³/mol. The number of hydrogen-bond acceptors (Lipinski definition) is 4. The average molecular weight is 394 g/mol. The molecule has 1 unspecified atom stereocenters. The number of ether oxygens (including phenoxy) is 1. The Morgan fingerprint density at radius 1 is 1.10 bits per heavy atom. The molecular weight excluding hydrogens is 368 g/mol. The molecule has 4 rings (SSSR count). The number of aliphatic hydroxyl groups excluding tert-OH is 1. The van der Waals surface area contributed by atoms with Gasteiger partial charge < -0.3 is 19.6 Å². The van der Waals surface area contributed by atoms with E-state index in [0.717, 1.165) is 29.7 Å². The molecule has 2 aromatic carbocycles. The van der Waals surface area contributed by atoms with Crippen molar-refractivity contribution in [2.24, 2.45) is 0 Å². The van der Waals surface area contributed by atoms with Crippen molar-refractivity contribution < 1.29 is 19.4 Å². The summed E-state index contributed by atoms with van der Waals surface area (Å²) in [4.78, 5) is 29.4. The highest BCUT2D eigenvalue weighted by Gasteiger charge is 2.53. The van der Waals surface area contributed by atoms with Gasteiger partial charge in [-0.25, -0.2) is 0 Å². The van der Waals surface area contributed by atoms with Crippen LogP contribution in [0.25, 0.3) is 0 Å². The van der Waals surface area contributed by atoms with E-state index in [1.54, 1.807) is 12.0 Å². The zero-order chi connectivity index (χ0) is 20.4. The summed E-state index contributed by atoms with van der Waals surface area (Å²) in [5.41, 5.74) is 1.36. The Hall–Kier alpha value is -2.86. The van der Waals surface area contributed by atoms with Crippen LogP contribution >= 0.6 is 0 Å². The molecule has 1 aliphatic heterocycles. The van der Waals surface area contributed by atoms with E-state index >= 15 is 0 Å². The standard InChI is InChI=1S/C23H26N2O4/c1-29-20-9-7-18(8-10-20)23(11-12-23)22(28)25-15-19(26)14-24(21(27)16-25)13-17-5-3-2-4-6-17/h2-10,19,26H,11-16H2,1H3. The van der Waals surface area contributed by atoms with Crippen LogP contribution in [0.15, 0.2) is 54.6 Å². The van der Waals surface area contributed by atoms with Crippen LogP contribution in [-0.2, 0) is 21.5 Å². The predicted octanol–water partition coefficient (Wildman–Crippen LogP) is 1.96. The first-order chi connectivity index (χ1) is 14.0. The zero-order valence-electron chi connectivity index (χ0n) is 16.6. The van der Waals surface area contributed by atoms with Crippen molar-refractivity contribution >= 4 is 11.8 Å². The first-order valence-corrected chi connectivity index (χ1v) is 9.95. The summed E-state index contributed by atoms with van der Waals surface area (Å²) in [5, 5.41) is 10.5. The van der Waals surface area contributed by atoms with Gasteiger partial charge in [0, 0.05) is 19.6 Å². The molecule has 2 fully saturated rings. The lowest BCUT2D eigenvalue weighted by Gasteiger charge is -2.26. The highest BCUT2D eigenvalue weighted by Crippen LogP contribution is 2.50. The monoisotopic (exact) mass is 394 g/mol. The fourth-order valence-corrected chi connectivity index (χ4v) is 4.07. The SMILES string of the molecule is COc1ccc(C2(C(=O)N3CC(=O)N(Cc4ccccc4)CC(O)C3)CC2)cc1. The van der Waals surface area contributed by atoms with Crippen molar-refractivity contribution in [1.29, 1.82) is 0 Å². The summed E-state index contributed by atoms with van der Waals surface area (Å²) in [5.74, 6) is 0.537. The van der Waals surface area contributed by atoms with Crippen molar-refractivity contribution in [3.8, 4) is 5.75 Å². The van der Waals surface area contributed by atoms with Crippen LogP contribution in [0.4, 0.5) is 0 Å². The van der Waals surface area contributed by atoms with Crippen LogP contribution in [0.3, 0.4) is 0 Å². The number of nitrogens with zero attached hydrogens (tertiary/aromatic N) is 2. The van der Waals surface area contributed by atoms with Gasteiger partial charge in [-0.15, -0.1) is 0 Å². The number of rotatable bonds is 5. The molecule has 1 saturated carbocycles. The number of carbonyl (C=O) groups excluding carboxylic acids is 2. The second-order valence-electron chi connectivity index (χ2n) is 7.91. The van der Waals surface area contributed by atoms with Gasteiger partial charge in [0.15, 0.2) is 0 Å². The van der Waals surface area contributed by atoms with Gasteiger partial charge in [0.05, 0.1) is 25.2 Å². The summed E-state index contributed by atoms with van der Waals surface area (Å²) in [6.45, 7) is 0.837. The van der Waals surface area contributed by atoms with Crippen molar-refractivity contribution in [1.82, 2.24) is 9.80 Å². The molecule has 1 heterocycles. The fraction of sp³-hybridized carbons (Fsp3) is 0.391. The number of β-amino-alcohol motifs (C(OH)–C–C–N with tert-alkyl or cyclic N) is 1. The lowest BCUT2D eigenvalue weighted by molar-refractivity contribution is -0.140. The summed E-state index contributed by atoms with van der Waals surface area (Å²) < 4.78 is 5.21. The lowest BCUT2D eigenvalue weighted by atomic mass is 9.94. The summed E-state index contributed by atoms with van der Waals surface area (Å²) in [6.07, 6.45) is 0.750. The van der Waals surface area contributed by atoms with E-state index in [0.29, 0.717) is 6.54 Å². The number of carbonyl (C=O) groups is 2. The minimum Gasteiger partial charge on any atom is -0.497 e. The van der Waals surface area contributed by atoms with E-state index in [9.17, 15) is 14.7 Å². The fourth-order valence-electron chi connectivity index (χ4n) is 4.07. The van der Waals surface area contributed by atoms with E-state index in [1.807, 2.05) is 54.6 Å². The number of benzene rings is 2. The molecule has 1 N–H and O–H groups in total. The zero-order valence-corrected chi connectivity index (χ0v) is 16.6. The largest absolute Gasteiger partial charge is 0.497 e. The van der Waals surface area contributed by atoms with E-state index in [-0.39, 0.29) is 31.4 Å². The van der Waals surface area contributed by atoms with Gasteiger partial charge in [-0.05, 0) is 36.1 Å². The molecule has 0 bridgehead atoms. The molecule has 1 saturated heterocycles. The molecule has 1 aliphatic carbocycles. The molecular formula is C23H26N2O4. The maximum absolute atomic E-state index is 13.4. The molecule has 152 valence electrons. The number of amides is 2. The van der Waals surface area contributed by atoms with Gasteiger partial charge in [0.2, 0.25) is 11.8 Å². The molecule has 2 aromatic rings. The third-order valence-corrected chi connectivity index (χ3v) is 5.85. The second kappa shape index (κ2) is 7.87. The maximum atomic E-state index is 13.4. The molecule has 1 atom stereocenters. The summed E-state index contributed by atoms with van der Waals surface area (Å²) in [7, 11) is 1.61. The number of methoxy groups -OCH3 is 1. The number of aliphatic hydroxyl groups is 1. The second-order valence-corrected chi connectivity index (χ2v) is 7.91. The summed E-state index contributed by atoms with van der Waals surface area (Å²) >= 11 is 0. The Bertz CT molecular complexity index is 878. The molecule has 0 radical (unpaired) electrons. The van der Waals surface area contributed by atoms with Gasteiger partial charge in [-0.1, -0.05) is 42.5 Å². The molecule has 29 heavy (non-hydrogen) atoms. The third-order valence-electron chi connectivity index (χ3n) is 5.85. The van der Waals surface area contributed by atoms with Gasteiger partial charge in [-0.2, -0.15) is 0 Å². The van der Waals surface area contributed by atoms with E-state index < -0.39 is 11.5 Å². The van der Waals surface area contributed by atoms with Gasteiger partial charge in [0.1, 0.15) is 5.75 Å². The third kappa shape index (κ3) is 3.98. The van der Waals surface area contributed by atoms with E-state index in [2.05, 4.69) is 0 Å². The first kappa shape index (κ1) is 19.5. The normalized spacial score (nSPS) is 20.9. The Kier molecular flexibility index (Phi) is 5.28.